The third kappa shape index (κ3) is 4.14. The summed E-state index contributed by atoms with van der Waals surface area (Å²) in [6.07, 6.45) is 1.45. The van der Waals surface area contributed by atoms with Crippen LogP contribution in [0, 0.1) is 31.4 Å². The molecular formula is C21H22F2N6O. The summed E-state index contributed by atoms with van der Waals surface area (Å²) < 4.78 is 28.9. The Labute approximate surface area is 172 Å². The van der Waals surface area contributed by atoms with Crippen LogP contribution in [0.5, 0.6) is 0 Å². The molecule has 1 aliphatic heterocycles. The second-order valence-corrected chi connectivity index (χ2v) is 7.49. The van der Waals surface area contributed by atoms with E-state index >= 15 is 0 Å². The quantitative estimate of drug-likeness (QED) is 0.711. The van der Waals surface area contributed by atoms with Crippen LogP contribution < -0.4 is 10.2 Å². The lowest BCUT2D eigenvalue weighted by atomic mass is 9.97. The zero-order valence-electron chi connectivity index (χ0n) is 16.8. The second kappa shape index (κ2) is 8.17. The largest absolute Gasteiger partial charge is 0.354 e. The van der Waals surface area contributed by atoms with Crippen LogP contribution in [0.1, 0.15) is 24.2 Å². The van der Waals surface area contributed by atoms with Crippen LogP contribution >= 0.6 is 0 Å². The third-order valence-electron chi connectivity index (χ3n) is 5.17. The maximum absolute atomic E-state index is 13.8. The molecule has 0 saturated carbocycles. The highest BCUT2D eigenvalue weighted by Crippen LogP contribution is 2.24. The number of aromatic nitrogens is 4. The molecule has 0 radical (unpaired) electrons. The molecule has 1 fully saturated rings. The zero-order valence-corrected chi connectivity index (χ0v) is 16.8. The Hall–Kier alpha value is -3.36. The monoisotopic (exact) mass is 412 g/mol. The van der Waals surface area contributed by atoms with Gasteiger partial charge >= 0.3 is 0 Å². The van der Waals surface area contributed by atoms with Crippen LogP contribution in [-0.4, -0.2) is 39.0 Å². The highest BCUT2D eigenvalue weighted by Gasteiger charge is 2.27. The van der Waals surface area contributed by atoms with E-state index in [9.17, 15) is 13.6 Å². The van der Waals surface area contributed by atoms with Crippen molar-refractivity contribution < 1.29 is 13.6 Å². The van der Waals surface area contributed by atoms with Gasteiger partial charge in [-0.15, -0.1) is 10.2 Å². The standard InChI is InChI=1S/C21H22F2N6O/c1-13-10-14(2)29(27-13)20-8-7-19(25-26-20)28-9-3-4-15(12-28)21(30)24-18-11-16(22)5-6-17(18)23/h5-8,10-11,15H,3-4,9,12H2,1-2H3,(H,24,30). The molecule has 3 aromatic rings. The van der Waals surface area contributed by atoms with Crippen LogP contribution in [-0.2, 0) is 4.79 Å². The van der Waals surface area contributed by atoms with Crippen molar-refractivity contribution in [2.45, 2.75) is 26.7 Å². The molecule has 1 aromatic carbocycles. The number of anilines is 2. The van der Waals surface area contributed by atoms with Gasteiger partial charge in [0.1, 0.15) is 11.6 Å². The molecule has 9 heteroatoms. The fourth-order valence-corrected chi connectivity index (χ4v) is 3.69. The summed E-state index contributed by atoms with van der Waals surface area (Å²) in [7, 11) is 0. The molecule has 1 aliphatic rings. The van der Waals surface area contributed by atoms with Crippen molar-refractivity contribution in [2.24, 2.45) is 5.92 Å². The van der Waals surface area contributed by atoms with Crippen molar-refractivity contribution in [2.75, 3.05) is 23.3 Å². The van der Waals surface area contributed by atoms with E-state index in [0.29, 0.717) is 24.6 Å². The van der Waals surface area contributed by atoms with Crippen molar-refractivity contribution >= 4 is 17.4 Å². The molecule has 1 atom stereocenters. The summed E-state index contributed by atoms with van der Waals surface area (Å²) in [6, 6.07) is 8.65. The van der Waals surface area contributed by atoms with Crippen LogP contribution in [0.4, 0.5) is 20.3 Å². The number of amides is 1. The van der Waals surface area contributed by atoms with Gasteiger partial charge in [0, 0.05) is 24.8 Å². The molecule has 0 bridgehead atoms. The van der Waals surface area contributed by atoms with E-state index in [1.54, 1.807) is 4.68 Å². The Morgan fingerprint density at radius 2 is 1.87 bits per heavy atom. The maximum Gasteiger partial charge on any atom is 0.229 e. The maximum atomic E-state index is 13.8. The molecule has 1 N–H and O–H groups in total. The average molecular weight is 412 g/mol. The lowest BCUT2D eigenvalue weighted by Crippen LogP contribution is -2.41. The number of carbonyl (C=O) groups is 1. The Balaban J connectivity index is 1.45. The smallest absolute Gasteiger partial charge is 0.229 e. The molecule has 156 valence electrons. The summed E-state index contributed by atoms with van der Waals surface area (Å²) in [6.45, 7) is 5.04. The van der Waals surface area contributed by atoms with Gasteiger partial charge in [-0.3, -0.25) is 4.79 Å². The Kier molecular flexibility index (Phi) is 5.43. The lowest BCUT2D eigenvalue weighted by molar-refractivity contribution is -0.120. The lowest BCUT2D eigenvalue weighted by Gasteiger charge is -2.32. The van der Waals surface area contributed by atoms with Gasteiger partial charge in [0.05, 0.1) is 17.3 Å². The highest BCUT2D eigenvalue weighted by atomic mass is 19.1. The molecule has 0 spiro atoms. The van der Waals surface area contributed by atoms with Gasteiger partial charge < -0.3 is 10.2 Å². The first-order valence-electron chi connectivity index (χ1n) is 9.79. The summed E-state index contributed by atoms with van der Waals surface area (Å²) in [5, 5.41) is 15.5. The Morgan fingerprint density at radius 1 is 1.10 bits per heavy atom. The molecule has 1 saturated heterocycles. The van der Waals surface area contributed by atoms with Crippen molar-refractivity contribution in [3.63, 3.8) is 0 Å². The summed E-state index contributed by atoms with van der Waals surface area (Å²) in [5.74, 6) is -0.680. The van der Waals surface area contributed by atoms with E-state index in [2.05, 4.69) is 20.6 Å². The molecule has 0 aliphatic carbocycles. The third-order valence-corrected chi connectivity index (χ3v) is 5.17. The second-order valence-electron chi connectivity index (χ2n) is 7.49. The minimum absolute atomic E-state index is 0.147. The first kappa shape index (κ1) is 19.9. The predicted octanol–water partition coefficient (Wildman–Crippen LogP) is 3.41. The van der Waals surface area contributed by atoms with Gasteiger partial charge in [-0.2, -0.15) is 5.10 Å². The number of benzene rings is 1. The van der Waals surface area contributed by atoms with Gasteiger partial charge in [-0.05, 0) is 57.0 Å². The number of nitrogens with one attached hydrogen (secondary N) is 1. The van der Waals surface area contributed by atoms with Crippen LogP contribution in [0.25, 0.3) is 5.82 Å². The van der Waals surface area contributed by atoms with Crippen molar-refractivity contribution in [3.05, 3.63) is 59.4 Å². The summed E-state index contributed by atoms with van der Waals surface area (Å²) in [4.78, 5) is 14.6. The number of halogens is 2. The normalized spacial score (nSPS) is 16.5. The van der Waals surface area contributed by atoms with E-state index < -0.39 is 11.6 Å². The molecule has 1 unspecified atom stereocenters. The predicted molar refractivity (Wildman–Crippen MR) is 109 cm³/mol. The van der Waals surface area contributed by atoms with Gasteiger partial charge in [0.25, 0.3) is 0 Å². The molecule has 4 rings (SSSR count). The van der Waals surface area contributed by atoms with Crippen molar-refractivity contribution in [1.82, 2.24) is 20.0 Å². The van der Waals surface area contributed by atoms with E-state index in [4.69, 9.17) is 0 Å². The number of piperidine rings is 1. The van der Waals surface area contributed by atoms with Crippen LogP contribution in [0.15, 0.2) is 36.4 Å². The highest BCUT2D eigenvalue weighted by molar-refractivity contribution is 5.93. The first-order chi connectivity index (χ1) is 14.4. The SMILES string of the molecule is Cc1cc(C)n(-c2ccc(N3CCCC(C(=O)Nc4cc(F)ccc4F)C3)nn2)n1. The molecule has 1 amide bonds. The number of hydrogen-bond donors (Lipinski definition) is 1. The molecule has 7 nitrogen and oxygen atoms in total. The average Bonchev–Trinajstić information content (AvgIpc) is 3.09. The van der Waals surface area contributed by atoms with E-state index in [0.717, 1.165) is 42.6 Å². The minimum atomic E-state index is -0.664. The first-order valence-corrected chi connectivity index (χ1v) is 9.79. The number of aryl methyl sites for hydroxylation is 2. The van der Waals surface area contributed by atoms with E-state index in [-0.39, 0.29) is 17.5 Å². The van der Waals surface area contributed by atoms with Crippen LogP contribution in [0.3, 0.4) is 0 Å². The fraction of sp³-hybridized carbons (Fsp3) is 0.333. The van der Waals surface area contributed by atoms with Gasteiger partial charge in [0.15, 0.2) is 11.6 Å². The van der Waals surface area contributed by atoms with E-state index in [1.165, 1.54) is 0 Å². The summed E-state index contributed by atoms with van der Waals surface area (Å²) in [5.41, 5.74) is 1.72. The topological polar surface area (TPSA) is 75.9 Å². The molecule has 3 heterocycles. The van der Waals surface area contributed by atoms with Gasteiger partial charge in [-0.1, -0.05) is 0 Å². The fourth-order valence-electron chi connectivity index (χ4n) is 3.69. The van der Waals surface area contributed by atoms with Crippen molar-refractivity contribution in [1.29, 1.82) is 0 Å². The summed E-state index contributed by atoms with van der Waals surface area (Å²) >= 11 is 0. The molecule has 30 heavy (non-hydrogen) atoms. The Bertz CT molecular complexity index is 1070. The van der Waals surface area contributed by atoms with Crippen LogP contribution in [0.2, 0.25) is 0 Å². The molecule has 2 aromatic heterocycles. The number of hydrogen-bond acceptors (Lipinski definition) is 5. The van der Waals surface area contributed by atoms with Gasteiger partial charge in [0.2, 0.25) is 5.91 Å². The van der Waals surface area contributed by atoms with Gasteiger partial charge in [-0.25, -0.2) is 13.5 Å². The van der Waals surface area contributed by atoms with E-state index in [1.807, 2.05) is 36.9 Å². The zero-order chi connectivity index (χ0) is 21.3. The Morgan fingerprint density at radius 3 is 2.57 bits per heavy atom. The van der Waals surface area contributed by atoms with Crippen molar-refractivity contribution in [3.8, 4) is 5.82 Å². The number of carbonyl (C=O) groups excluding carboxylic acids is 1. The molecular weight excluding hydrogens is 390 g/mol. The number of nitrogens with zero attached hydrogens (tertiary/aromatic N) is 5. The number of rotatable bonds is 4. The minimum Gasteiger partial charge on any atom is -0.354 e.